The average Bonchev–Trinajstić information content (AvgIpc) is 2.12. The maximum absolute atomic E-state index is 10.4. The summed E-state index contributed by atoms with van der Waals surface area (Å²) in [4.78, 5) is 0. The van der Waals surface area contributed by atoms with Crippen LogP contribution < -0.4 is 5.73 Å². The van der Waals surface area contributed by atoms with Crippen LogP contribution in [0, 0.1) is 17.3 Å². The van der Waals surface area contributed by atoms with Gasteiger partial charge in [0.1, 0.15) is 0 Å². The molecular weight excluding hydrogens is 178 g/mol. The summed E-state index contributed by atoms with van der Waals surface area (Å²) in [6, 6.07) is 0. The van der Waals surface area contributed by atoms with Crippen LogP contribution in [0.15, 0.2) is 0 Å². The van der Waals surface area contributed by atoms with Crippen LogP contribution in [0.1, 0.15) is 32.1 Å². The van der Waals surface area contributed by atoms with Crippen molar-refractivity contribution in [3.05, 3.63) is 0 Å². The molecule has 0 heterocycles. The monoisotopic (exact) mass is 197 g/mol. The minimum absolute atomic E-state index is 0.153. The molecular formula is C11H19NO2. The Morgan fingerprint density at radius 2 is 2.07 bits per heavy atom. The first-order chi connectivity index (χ1) is 6.57. The molecule has 4 N–H and O–H groups in total. The Hall–Kier alpha value is -0.120. The Morgan fingerprint density at radius 3 is 2.71 bits per heavy atom. The van der Waals surface area contributed by atoms with Crippen molar-refractivity contribution in [2.24, 2.45) is 23.0 Å². The van der Waals surface area contributed by atoms with Crippen molar-refractivity contribution >= 4 is 0 Å². The Labute approximate surface area is 84.3 Å². The molecule has 0 aromatic carbocycles. The van der Waals surface area contributed by atoms with E-state index in [2.05, 4.69) is 0 Å². The van der Waals surface area contributed by atoms with E-state index in [4.69, 9.17) is 5.73 Å². The molecule has 0 spiro atoms. The van der Waals surface area contributed by atoms with Gasteiger partial charge in [-0.05, 0) is 55.9 Å². The molecule has 3 nitrogen and oxygen atoms in total. The second-order valence-corrected chi connectivity index (χ2v) is 5.90. The molecule has 4 rings (SSSR count). The quantitative estimate of drug-likeness (QED) is 0.564. The van der Waals surface area contributed by atoms with Crippen LogP contribution in [0.3, 0.4) is 0 Å². The van der Waals surface area contributed by atoms with E-state index < -0.39 is 11.7 Å². The van der Waals surface area contributed by atoms with E-state index in [0.29, 0.717) is 18.4 Å². The van der Waals surface area contributed by atoms with E-state index in [1.807, 2.05) is 0 Å². The first kappa shape index (κ1) is 9.13. The highest BCUT2D eigenvalue weighted by Gasteiger charge is 2.61. The van der Waals surface area contributed by atoms with E-state index in [1.165, 1.54) is 6.42 Å². The van der Waals surface area contributed by atoms with E-state index >= 15 is 0 Å². The van der Waals surface area contributed by atoms with Crippen LogP contribution in [-0.4, -0.2) is 28.5 Å². The lowest BCUT2D eigenvalue weighted by Gasteiger charge is -2.62. The van der Waals surface area contributed by atoms with Gasteiger partial charge in [0.05, 0.1) is 11.7 Å². The van der Waals surface area contributed by atoms with Crippen molar-refractivity contribution in [3.8, 4) is 0 Å². The molecule has 4 aliphatic rings. The summed E-state index contributed by atoms with van der Waals surface area (Å²) in [5.41, 5.74) is 5.19. The Kier molecular flexibility index (Phi) is 1.64. The van der Waals surface area contributed by atoms with E-state index in [-0.39, 0.29) is 5.41 Å². The van der Waals surface area contributed by atoms with Gasteiger partial charge in [0.25, 0.3) is 0 Å². The maximum atomic E-state index is 10.4. The average molecular weight is 197 g/mol. The van der Waals surface area contributed by atoms with Gasteiger partial charge in [0.2, 0.25) is 0 Å². The van der Waals surface area contributed by atoms with Gasteiger partial charge in [-0.15, -0.1) is 0 Å². The van der Waals surface area contributed by atoms with Crippen molar-refractivity contribution in [2.75, 3.05) is 6.54 Å². The third-order valence-electron chi connectivity index (χ3n) is 4.81. The first-order valence-electron chi connectivity index (χ1n) is 5.67. The zero-order valence-electron chi connectivity index (χ0n) is 8.45. The Balaban J connectivity index is 1.98. The molecule has 0 aromatic rings. The second kappa shape index (κ2) is 2.52. The van der Waals surface area contributed by atoms with Crippen LogP contribution in [0.4, 0.5) is 0 Å². The highest BCUT2D eigenvalue weighted by atomic mass is 16.3. The molecule has 4 saturated carbocycles. The van der Waals surface area contributed by atoms with Crippen LogP contribution in [0.5, 0.6) is 0 Å². The number of hydrogen-bond donors (Lipinski definition) is 3. The Morgan fingerprint density at radius 1 is 1.29 bits per heavy atom. The second-order valence-electron chi connectivity index (χ2n) is 5.90. The lowest BCUT2D eigenvalue weighted by atomic mass is 9.47. The number of rotatable bonds is 1. The largest absolute Gasteiger partial charge is 0.390 e. The van der Waals surface area contributed by atoms with Crippen molar-refractivity contribution in [3.63, 3.8) is 0 Å². The van der Waals surface area contributed by atoms with Gasteiger partial charge in [-0.1, -0.05) is 0 Å². The van der Waals surface area contributed by atoms with Gasteiger partial charge < -0.3 is 15.9 Å². The minimum atomic E-state index is -0.802. The number of hydrogen-bond acceptors (Lipinski definition) is 3. The van der Waals surface area contributed by atoms with E-state index in [0.717, 1.165) is 25.7 Å². The van der Waals surface area contributed by atoms with Gasteiger partial charge in [-0.25, -0.2) is 0 Å². The topological polar surface area (TPSA) is 66.5 Å². The molecule has 3 heteroatoms. The summed E-state index contributed by atoms with van der Waals surface area (Å²) in [6.45, 7) is 0.676. The highest BCUT2D eigenvalue weighted by Crippen LogP contribution is 2.61. The summed E-state index contributed by atoms with van der Waals surface area (Å²) < 4.78 is 0. The smallest absolute Gasteiger partial charge is 0.0916 e. The summed E-state index contributed by atoms with van der Waals surface area (Å²) in [6.07, 6.45) is 4.35. The van der Waals surface area contributed by atoms with Gasteiger partial charge in [-0.2, -0.15) is 0 Å². The van der Waals surface area contributed by atoms with Gasteiger partial charge >= 0.3 is 0 Å². The van der Waals surface area contributed by atoms with Crippen LogP contribution in [0.25, 0.3) is 0 Å². The van der Waals surface area contributed by atoms with Gasteiger partial charge in [0, 0.05) is 0 Å². The highest BCUT2D eigenvalue weighted by molar-refractivity contribution is 5.12. The molecule has 80 valence electrons. The first-order valence-corrected chi connectivity index (χ1v) is 5.67. The number of aliphatic hydroxyl groups excluding tert-OH is 1. The zero-order chi connectivity index (χ0) is 9.97. The number of nitrogens with two attached hydrogens (primary N) is 1. The summed E-state index contributed by atoms with van der Waals surface area (Å²) >= 11 is 0. The lowest BCUT2D eigenvalue weighted by molar-refractivity contribution is -0.228. The summed E-state index contributed by atoms with van der Waals surface area (Å²) in [7, 11) is 0. The standard InChI is InChI=1S/C11H19NO2/c12-6-10-2-7-1-8(4-10)9(13)11(14,3-7)5-10/h7-9,13-14H,1-6,12H2. The normalized spacial score (nSPS) is 60.6. The van der Waals surface area contributed by atoms with Crippen molar-refractivity contribution in [2.45, 2.75) is 43.8 Å². The molecule has 0 radical (unpaired) electrons. The van der Waals surface area contributed by atoms with Crippen LogP contribution in [-0.2, 0) is 0 Å². The predicted molar refractivity (Wildman–Crippen MR) is 52.5 cm³/mol. The fraction of sp³-hybridized carbons (Fsp3) is 1.00. The van der Waals surface area contributed by atoms with E-state index in [9.17, 15) is 10.2 Å². The molecule has 5 unspecified atom stereocenters. The fourth-order valence-electron chi connectivity index (χ4n) is 4.51. The van der Waals surface area contributed by atoms with Crippen molar-refractivity contribution in [1.29, 1.82) is 0 Å². The molecule has 14 heavy (non-hydrogen) atoms. The molecule has 0 aromatic heterocycles. The number of aliphatic hydroxyl groups is 2. The molecule has 0 saturated heterocycles. The van der Waals surface area contributed by atoms with Crippen LogP contribution in [0.2, 0.25) is 0 Å². The third kappa shape index (κ3) is 0.980. The fourth-order valence-corrected chi connectivity index (χ4v) is 4.51. The van der Waals surface area contributed by atoms with E-state index in [1.54, 1.807) is 0 Å². The molecule has 4 fully saturated rings. The SMILES string of the molecule is NCC12CC3CC(C1)C(O)C(O)(C3)C2. The van der Waals surface area contributed by atoms with Gasteiger partial charge in [-0.3, -0.25) is 0 Å². The van der Waals surface area contributed by atoms with Gasteiger partial charge in [0.15, 0.2) is 0 Å². The molecule has 4 bridgehead atoms. The third-order valence-corrected chi connectivity index (χ3v) is 4.81. The predicted octanol–water partition coefficient (Wildman–Crippen LogP) is 0.247. The zero-order valence-corrected chi connectivity index (χ0v) is 8.45. The summed E-state index contributed by atoms with van der Waals surface area (Å²) in [5.74, 6) is 0.921. The van der Waals surface area contributed by atoms with Crippen molar-refractivity contribution < 1.29 is 10.2 Å². The van der Waals surface area contributed by atoms with Crippen molar-refractivity contribution in [1.82, 2.24) is 0 Å². The lowest BCUT2D eigenvalue weighted by Crippen LogP contribution is -2.65. The molecule has 5 atom stereocenters. The molecule has 4 aliphatic carbocycles. The Bertz CT molecular complexity index is 264. The van der Waals surface area contributed by atoms with Crippen LogP contribution >= 0.6 is 0 Å². The molecule has 0 amide bonds. The maximum Gasteiger partial charge on any atom is 0.0916 e. The minimum Gasteiger partial charge on any atom is -0.390 e. The molecule has 0 aliphatic heterocycles. The summed E-state index contributed by atoms with van der Waals surface area (Å²) in [5, 5.41) is 20.4.